The molecule has 0 aliphatic carbocycles. The van der Waals surface area contributed by atoms with Crippen LogP contribution in [-0.4, -0.2) is 21.8 Å². The Morgan fingerprint density at radius 2 is 1.87 bits per heavy atom. The fourth-order valence-electron chi connectivity index (χ4n) is 2.77. The van der Waals surface area contributed by atoms with E-state index in [1.54, 1.807) is 41.5 Å². The molecule has 0 aliphatic rings. The van der Waals surface area contributed by atoms with Crippen molar-refractivity contribution in [1.82, 2.24) is 9.97 Å². The third-order valence-electron chi connectivity index (χ3n) is 4.40. The number of nitrogens with zero attached hydrogens (tertiary/aromatic N) is 1. The minimum absolute atomic E-state index is 0.232. The van der Waals surface area contributed by atoms with Gasteiger partial charge in [-0.05, 0) is 48.0 Å². The maximum Gasteiger partial charge on any atom is 0.265 e. The van der Waals surface area contributed by atoms with Gasteiger partial charge in [0.15, 0.2) is 5.13 Å². The molecular weight excluding hydrogens is 452 g/mol. The summed E-state index contributed by atoms with van der Waals surface area (Å²) < 4.78 is 0. The number of thioether (sulfide) groups is 1. The van der Waals surface area contributed by atoms with Crippen molar-refractivity contribution in [2.45, 2.75) is 10.6 Å². The van der Waals surface area contributed by atoms with E-state index in [1.807, 2.05) is 36.4 Å². The van der Waals surface area contributed by atoms with Crippen molar-refractivity contribution in [3.05, 3.63) is 88.0 Å². The molecule has 4 aromatic rings. The van der Waals surface area contributed by atoms with Gasteiger partial charge < -0.3 is 10.7 Å². The van der Waals surface area contributed by atoms with Crippen LogP contribution in [-0.2, 0) is 5.75 Å². The van der Waals surface area contributed by atoms with Crippen LogP contribution >= 0.6 is 34.7 Å². The van der Waals surface area contributed by atoms with E-state index >= 15 is 0 Å². The number of carbonyl (C=O) groups excluding carboxylic acids is 2. The third kappa shape index (κ3) is 5.35. The number of amides is 2. The third-order valence-corrected chi connectivity index (χ3v) is 6.50. The summed E-state index contributed by atoms with van der Waals surface area (Å²) >= 11 is 8.92. The lowest BCUT2D eigenvalue weighted by molar-refractivity contribution is 0.0994. The van der Waals surface area contributed by atoms with Gasteiger partial charge in [-0.3, -0.25) is 14.9 Å². The first-order chi connectivity index (χ1) is 15.0. The Labute approximate surface area is 191 Å². The van der Waals surface area contributed by atoms with Gasteiger partial charge in [0.25, 0.3) is 11.8 Å². The van der Waals surface area contributed by atoms with Gasteiger partial charge in [0.2, 0.25) is 0 Å². The number of primary amides is 1. The molecule has 0 saturated heterocycles. The molecule has 0 spiro atoms. The Morgan fingerprint density at radius 3 is 2.55 bits per heavy atom. The van der Waals surface area contributed by atoms with Gasteiger partial charge in [-0.15, -0.1) is 23.1 Å². The second-order valence-electron chi connectivity index (χ2n) is 6.60. The highest BCUT2D eigenvalue weighted by Crippen LogP contribution is 2.27. The molecule has 2 heterocycles. The molecule has 31 heavy (non-hydrogen) atoms. The number of benzene rings is 2. The highest BCUT2D eigenvalue weighted by Gasteiger charge is 2.12. The van der Waals surface area contributed by atoms with Crippen molar-refractivity contribution < 1.29 is 9.59 Å². The van der Waals surface area contributed by atoms with Crippen LogP contribution in [0.4, 0.5) is 5.13 Å². The van der Waals surface area contributed by atoms with Crippen LogP contribution in [0.1, 0.15) is 26.4 Å². The van der Waals surface area contributed by atoms with E-state index in [1.165, 1.54) is 11.3 Å². The molecule has 2 amide bonds. The maximum absolute atomic E-state index is 12.5. The van der Waals surface area contributed by atoms with Gasteiger partial charge in [0, 0.05) is 38.4 Å². The Kier molecular flexibility index (Phi) is 6.41. The van der Waals surface area contributed by atoms with Crippen LogP contribution in [0.5, 0.6) is 0 Å². The molecular formula is C22H17ClN4O2S2. The monoisotopic (exact) mass is 468 g/mol. The molecule has 0 fully saturated rings. The highest BCUT2D eigenvalue weighted by atomic mass is 35.5. The number of rotatable bonds is 7. The quantitative estimate of drug-likeness (QED) is 0.314. The normalized spacial score (nSPS) is 10.7. The van der Waals surface area contributed by atoms with Crippen LogP contribution < -0.4 is 11.1 Å². The number of nitrogens with two attached hydrogens (primary N) is 1. The minimum atomic E-state index is -0.537. The van der Waals surface area contributed by atoms with Gasteiger partial charge in [-0.1, -0.05) is 23.7 Å². The van der Waals surface area contributed by atoms with E-state index in [9.17, 15) is 9.59 Å². The predicted octanol–water partition coefficient (Wildman–Crippen LogP) is 5.44. The van der Waals surface area contributed by atoms with E-state index in [2.05, 4.69) is 15.3 Å². The fourth-order valence-corrected chi connectivity index (χ4v) is 4.46. The van der Waals surface area contributed by atoms with E-state index < -0.39 is 5.91 Å². The number of aromatic amines is 1. The molecule has 0 aliphatic heterocycles. The SMILES string of the molecule is NC(=O)c1cc(-c2csc(NC(=O)c3ccc(CSc4ccc(Cl)cc4)cc3)n2)c[nH]1. The molecule has 2 aromatic heterocycles. The number of hydrogen-bond acceptors (Lipinski definition) is 5. The summed E-state index contributed by atoms with van der Waals surface area (Å²) in [7, 11) is 0. The largest absolute Gasteiger partial charge is 0.364 e. The summed E-state index contributed by atoms with van der Waals surface area (Å²) in [6, 6.07) is 16.8. The first kappa shape index (κ1) is 21.2. The Morgan fingerprint density at radius 1 is 1.13 bits per heavy atom. The van der Waals surface area contributed by atoms with Crippen LogP contribution in [0.15, 0.2) is 71.1 Å². The summed E-state index contributed by atoms with van der Waals surface area (Å²) in [4.78, 5) is 32.1. The van der Waals surface area contributed by atoms with Crippen LogP contribution in [0.25, 0.3) is 11.3 Å². The smallest absolute Gasteiger partial charge is 0.265 e. The molecule has 9 heteroatoms. The van der Waals surface area contributed by atoms with Crippen molar-refractivity contribution in [2.24, 2.45) is 5.73 Å². The summed E-state index contributed by atoms with van der Waals surface area (Å²) in [5.74, 6) is 0.0262. The van der Waals surface area contributed by atoms with Gasteiger partial charge in [0.1, 0.15) is 5.69 Å². The van der Waals surface area contributed by atoms with E-state index in [0.29, 0.717) is 22.1 Å². The highest BCUT2D eigenvalue weighted by molar-refractivity contribution is 7.98. The number of hydrogen-bond donors (Lipinski definition) is 3. The number of thiazole rings is 1. The number of H-pyrrole nitrogens is 1. The predicted molar refractivity (Wildman–Crippen MR) is 126 cm³/mol. The zero-order chi connectivity index (χ0) is 21.8. The van der Waals surface area contributed by atoms with Crippen molar-refractivity contribution in [1.29, 1.82) is 0 Å². The Balaban J connectivity index is 1.35. The average Bonchev–Trinajstić information content (AvgIpc) is 3.43. The van der Waals surface area contributed by atoms with Crippen molar-refractivity contribution in [3.63, 3.8) is 0 Å². The van der Waals surface area contributed by atoms with Crippen LogP contribution in [0.2, 0.25) is 5.02 Å². The summed E-state index contributed by atoms with van der Waals surface area (Å²) in [6.07, 6.45) is 1.65. The number of carbonyl (C=O) groups is 2. The molecule has 6 nitrogen and oxygen atoms in total. The van der Waals surface area contributed by atoms with Gasteiger partial charge >= 0.3 is 0 Å². The first-order valence-corrected chi connectivity index (χ1v) is 11.4. The molecule has 2 aromatic carbocycles. The number of halogens is 1. The summed E-state index contributed by atoms with van der Waals surface area (Å²) in [5, 5.41) is 5.81. The Bertz CT molecular complexity index is 1220. The molecule has 156 valence electrons. The Hall–Kier alpha value is -3.07. The lowest BCUT2D eigenvalue weighted by Crippen LogP contribution is -2.11. The summed E-state index contributed by atoms with van der Waals surface area (Å²) in [5.41, 5.74) is 8.61. The van der Waals surface area contributed by atoms with Crippen LogP contribution in [0, 0.1) is 0 Å². The second-order valence-corrected chi connectivity index (χ2v) is 8.94. The zero-order valence-corrected chi connectivity index (χ0v) is 18.5. The molecule has 0 atom stereocenters. The molecule has 0 bridgehead atoms. The van der Waals surface area contributed by atoms with E-state index in [4.69, 9.17) is 17.3 Å². The van der Waals surface area contributed by atoms with Crippen molar-refractivity contribution in [3.8, 4) is 11.3 Å². The fraction of sp³-hybridized carbons (Fsp3) is 0.0455. The lowest BCUT2D eigenvalue weighted by atomic mass is 10.1. The van der Waals surface area contributed by atoms with Gasteiger partial charge in [-0.2, -0.15) is 0 Å². The van der Waals surface area contributed by atoms with Crippen molar-refractivity contribution >= 4 is 51.6 Å². The summed E-state index contributed by atoms with van der Waals surface area (Å²) in [6.45, 7) is 0. The van der Waals surface area contributed by atoms with E-state index in [-0.39, 0.29) is 5.91 Å². The maximum atomic E-state index is 12.5. The van der Waals surface area contributed by atoms with Gasteiger partial charge in [-0.25, -0.2) is 4.98 Å². The van der Waals surface area contributed by atoms with Gasteiger partial charge in [0.05, 0.1) is 5.69 Å². The minimum Gasteiger partial charge on any atom is -0.364 e. The topological polar surface area (TPSA) is 101 Å². The van der Waals surface area contributed by atoms with Crippen molar-refractivity contribution in [2.75, 3.05) is 5.32 Å². The van der Waals surface area contributed by atoms with E-state index in [0.717, 1.165) is 26.8 Å². The lowest BCUT2D eigenvalue weighted by Gasteiger charge is -2.05. The number of aromatic nitrogens is 2. The average molecular weight is 469 g/mol. The standard InChI is InChI=1S/C22H17ClN4O2S2/c23-16-5-7-17(8-6-16)30-11-13-1-3-14(4-2-13)21(29)27-22-26-19(12-31-22)15-9-18(20(24)28)25-10-15/h1-10,12,25H,11H2,(H2,24,28)(H,26,27,29). The molecule has 0 unspecified atom stereocenters. The molecule has 4 rings (SSSR count). The molecule has 0 radical (unpaired) electrons. The number of anilines is 1. The molecule has 4 N–H and O–H groups in total. The number of nitrogens with one attached hydrogen (secondary N) is 2. The van der Waals surface area contributed by atoms with Crippen LogP contribution in [0.3, 0.4) is 0 Å². The molecule has 0 saturated carbocycles. The zero-order valence-electron chi connectivity index (χ0n) is 16.1. The second kappa shape index (κ2) is 9.38. The first-order valence-electron chi connectivity index (χ1n) is 9.21.